The average molecular weight is 411 g/mol. The lowest BCUT2D eigenvalue weighted by atomic mass is 10.1. The summed E-state index contributed by atoms with van der Waals surface area (Å²) in [5, 5.41) is 3.37. The molecule has 0 bridgehead atoms. The molecule has 6 heteroatoms. The summed E-state index contributed by atoms with van der Waals surface area (Å²) in [5.74, 6) is -0.0599. The van der Waals surface area contributed by atoms with Crippen molar-refractivity contribution in [3.63, 3.8) is 0 Å². The van der Waals surface area contributed by atoms with E-state index in [0.717, 1.165) is 22.3 Å². The van der Waals surface area contributed by atoms with Crippen molar-refractivity contribution in [2.45, 2.75) is 20.1 Å². The highest BCUT2D eigenvalue weighted by atomic mass is 35.5. The van der Waals surface area contributed by atoms with E-state index in [2.05, 4.69) is 5.32 Å². The normalized spacial score (nSPS) is 10.7. The minimum Gasteiger partial charge on any atom is -0.375 e. The molecule has 150 valence electrons. The fraction of sp³-hybridized carbons (Fsp3) is 0.217. The quantitative estimate of drug-likeness (QED) is 0.573. The number of benzene rings is 2. The first-order chi connectivity index (χ1) is 14.0. The summed E-state index contributed by atoms with van der Waals surface area (Å²) in [6.07, 6.45) is 1.87. The van der Waals surface area contributed by atoms with E-state index in [0.29, 0.717) is 31.3 Å². The summed E-state index contributed by atoms with van der Waals surface area (Å²) in [4.78, 5) is 23.1. The molecule has 1 N–H and O–H groups in total. The van der Waals surface area contributed by atoms with Gasteiger partial charge in [0.2, 0.25) is 5.91 Å². The number of carbonyl (C=O) groups is 1. The van der Waals surface area contributed by atoms with Crippen LogP contribution in [0.25, 0.3) is 11.1 Å². The van der Waals surface area contributed by atoms with Crippen LogP contribution in [0.5, 0.6) is 0 Å². The minimum atomic E-state index is -0.0599. The van der Waals surface area contributed by atoms with Gasteiger partial charge in [0.25, 0.3) is 5.56 Å². The van der Waals surface area contributed by atoms with Crippen LogP contribution in [0.15, 0.2) is 71.7 Å². The highest BCUT2D eigenvalue weighted by Gasteiger charge is 2.04. The molecule has 1 heterocycles. The maximum Gasteiger partial charge on any atom is 0.250 e. The molecule has 0 saturated heterocycles. The van der Waals surface area contributed by atoms with Gasteiger partial charge in [-0.2, -0.15) is 0 Å². The highest BCUT2D eigenvalue weighted by Crippen LogP contribution is 2.19. The Bertz CT molecular complexity index is 1010. The Balaban J connectivity index is 1.65. The molecule has 0 saturated carbocycles. The van der Waals surface area contributed by atoms with E-state index in [-0.39, 0.29) is 11.5 Å². The van der Waals surface area contributed by atoms with Gasteiger partial charge in [0.1, 0.15) is 0 Å². The number of hydrogen-bond donors (Lipinski definition) is 1. The van der Waals surface area contributed by atoms with Crippen molar-refractivity contribution in [1.29, 1.82) is 0 Å². The number of ether oxygens (including phenoxy) is 1. The van der Waals surface area contributed by atoms with Crippen LogP contribution in [-0.4, -0.2) is 23.6 Å². The predicted octanol–water partition coefficient (Wildman–Crippen LogP) is 3.87. The fourth-order valence-corrected chi connectivity index (χ4v) is 3.02. The van der Waals surface area contributed by atoms with Crippen molar-refractivity contribution in [2.75, 3.05) is 13.2 Å². The first-order valence-corrected chi connectivity index (χ1v) is 9.75. The summed E-state index contributed by atoms with van der Waals surface area (Å²) in [6.45, 7) is 3.43. The second kappa shape index (κ2) is 10.0. The minimum absolute atomic E-state index is 0.0482. The number of amides is 1. The SMILES string of the molecule is CC(=O)NCCOCc1ccc(-c2ccc(=O)n(Cc3ccc(Cl)cc3)c2)cc1. The Hall–Kier alpha value is -2.89. The van der Waals surface area contributed by atoms with E-state index < -0.39 is 0 Å². The maximum atomic E-state index is 12.2. The zero-order valence-electron chi connectivity index (χ0n) is 16.2. The van der Waals surface area contributed by atoms with E-state index in [1.807, 2.05) is 60.8 Å². The molecule has 1 amide bonds. The van der Waals surface area contributed by atoms with Crippen LogP contribution in [0.1, 0.15) is 18.1 Å². The van der Waals surface area contributed by atoms with Gasteiger partial charge in [0, 0.05) is 30.8 Å². The van der Waals surface area contributed by atoms with Crippen molar-refractivity contribution >= 4 is 17.5 Å². The summed E-state index contributed by atoms with van der Waals surface area (Å²) in [6, 6.07) is 18.9. The zero-order chi connectivity index (χ0) is 20.6. The average Bonchev–Trinajstić information content (AvgIpc) is 2.71. The van der Waals surface area contributed by atoms with Gasteiger partial charge in [-0.15, -0.1) is 0 Å². The first-order valence-electron chi connectivity index (χ1n) is 9.38. The number of halogens is 1. The number of aromatic nitrogens is 1. The van der Waals surface area contributed by atoms with Gasteiger partial charge in [0.05, 0.1) is 19.8 Å². The molecular weight excluding hydrogens is 388 g/mol. The van der Waals surface area contributed by atoms with E-state index in [1.165, 1.54) is 6.92 Å². The van der Waals surface area contributed by atoms with Gasteiger partial charge >= 0.3 is 0 Å². The Morgan fingerprint density at radius 1 is 0.966 bits per heavy atom. The topological polar surface area (TPSA) is 60.3 Å². The summed E-state index contributed by atoms with van der Waals surface area (Å²) in [7, 11) is 0. The van der Waals surface area contributed by atoms with Crippen LogP contribution >= 0.6 is 11.6 Å². The molecule has 0 spiro atoms. The molecule has 0 aliphatic carbocycles. The molecule has 2 aromatic carbocycles. The van der Waals surface area contributed by atoms with Crippen molar-refractivity contribution in [3.8, 4) is 11.1 Å². The van der Waals surface area contributed by atoms with Crippen LogP contribution in [0.3, 0.4) is 0 Å². The third-order valence-corrected chi connectivity index (χ3v) is 4.68. The second-order valence-electron chi connectivity index (χ2n) is 6.74. The molecule has 3 rings (SSSR count). The third-order valence-electron chi connectivity index (χ3n) is 4.43. The van der Waals surface area contributed by atoms with E-state index in [4.69, 9.17) is 16.3 Å². The first kappa shape index (κ1) is 20.8. The molecule has 0 atom stereocenters. The number of nitrogens with one attached hydrogen (secondary N) is 1. The van der Waals surface area contributed by atoms with Crippen LogP contribution in [0.4, 0.5) is 0 Å². The number of rotatable bonds is 8. The monoisotopic (exact) mass is 410 g/mol. The predicted molar refractivity (Wildman–Crippen MR) is 115 cm³/mol. The van der Waals surface area contributed by atoms with Gasteiger partial charge in [-0.25, -0.2) is 0 Å². The van der Waals surface area contributed by atoms with Crippen molar-refractivity contribution in [1.82, 2.24) is 9.88 Å². The summed E-state index contributed by atoms with van der Waals surface area (Å²) >= 11 is 5.93. The molecule has 3 aromatic rings. The van der Waals surface area contributed by atoms with Crippen molar-refractivity contribution in [2.24, 2.45) is 0 Å². The Labute approximate surface area is 174 Å². The molecule has 0 aliphatic heterocycles. The van der Waals surface area contributed by atoms with E-state index in [1.54, 1.807) is 10.6 Å². The Morgan fingerprint density at radius 2 is 1.62 bits per heavy atom. The van der Waals surface area contributed by atoms with Crippen LogP contribution in [0, 0.1) is 0 Å². The van der Waals surface area contributed by atoms with Crippen molar-refractivity contribution < 1.29 is 9.53 Å². The zero-order valence-corrected chi connectivity index (χ0v) is 17.0. The standard InChI is InChI=1S/C23H23ClN2O3/c1-17(27)25-12-13-29-16-19-2-6-20(7-3-19)21-8-11-23(28)26(15-21)14-18-4-9-22(24)10-5-18/h2-11,15H,12-14,16H2,1H3,(H,25,27). The second-order valence-corrected chi connectivity index (χ2v) is 7.18. The molecule has 0 radical (unpaired) electrons. The van der Waals surface area contributed by atoms with E-state index in [9.17, 15) is 9.59 Å². The number of carbonyl (C=O) groups excluding carboxylic acids is 1. The molecule has 0 fully saturated rings. The Morgan fingerprint density at radius 3 is 2.31 bits per heavy atom. The number of hydrogen-bond acceptors (Lipinski definition) is 3. The lowest BCUT2D eigenvalue weighted by Gasteiger charge is -2.10. The smallest absolute Gasteiger partial charge is 0.250 e. The van der Waals surface area contributed by atoms with Gasteiger partial charge in [-0.1, -0.05) is 48.0 Å². The van der Waals surface area contributed by atoms with Gasteiger partial charge in [0.15, 0.2) is 0 Å². The lowest BCUT2D eigenvalue weighted by molar-refractivity contribution is -0.119. The molecule has 29 heavy (non-hydrogen) atoms. The van der Waals surface area contributed by atoms with Gasteiger partial charge in [-0.05, 0) is 40.5 Å². The molecule has 0 unspecified atom stereocenters. The summed E-state index contributed by atoms with van der Waals surface area (Å²) < 4.78 is 7.25. The highest BCUT2D eigenvalue weighted by molar-refractivity contribution is 6.30. The third kappa shape index (κ3) is 6.31. The maximum absolute atomic E-state index is 12.2. The van der Waals surface area contributed by atoms with Crippen LogP contribution in [-0.2, 0) is 22.7 Å². The van der Waals surface area contributed by atoms with Gasteiger partial charge < -0.3 is 14.6 Å². The fourth-order valence-electron chi connectivity index (χ4n) is 2.89. The van der Waals surface area contributed by atoms with Crippen LogP contribution in [0.2, 0.25) is 5.02 Å². The lowest BCUT2D eigenvalue weighted by Crippen LogP contribution is -2.24. The molecular formula is C23H23ClN2O3. The number of pyridine rings is 1. The summed E-state index contributed by atoms with van der Waals surface area (Å²) in [5.41, 5.74) is 4.01. The van der Waals surface area contributed by atoms with E-state index >= 15 is 0 Å². The van der Waals surface area contributed by atoms with Crippen molar-refractivity contribution in [3.05, 3.63) is 93.4 Å². The molecule has 1 aromatic heterocycles. The van der Waals surface area contributed by atoms with Gasteiger partial charge in [-0.3, -0.25) is 9.59 Å². The largest absolute Gasteiger partial charge is 0.375 e. The van der Waals surface area contributed by atoms with Crippen LogP contribution < -0.4 is 10.9 Å². The number of nitrogens with zero attached hydrogens (tertiary/aromatic N) is 1. The Kier molecular flexibility index (Phi) is 7.22. The molecule has 0 aliphatic rings. The molecule has 5 nitrogen and oxygen atoms in total.